The topological polar surface area (TPSA) is 42.0 Å². The van der Waals surface area contributed by atoms with Crippen LogP contribution in [0.4, 0.5) is 5.69 Å². The Morgan fingerprint density at radius 3 is 2.67 bits per heavy atom. The molecule has 1 aromatic heterocycles. The third-order valence-corrected chi connectivity index (χ3v) is 3.85. The van der Waals surface area contributed by atoms with Crippen molar-refractivity contribution in [1.82, 2.24) is 4.98 Å². The van der Waals surface area contributed by atoms with Crippen molar-refractivity contribution in [3.63, 3.8) is 0 Å². The van der Waals surface area contributed by atoms with Crippen molar-refractivity contribution in [3.8, 4) is 0 Å². The molecule has 3 nitrogen and oxygen atoms in total. The highest BCUT2D eigenvalue weighted by molar-refractivity contribution is 9.10. The van der Waals surface area contributed by atoms with Gasteiger partial charge in [-0.05, 0) is 48.7 Å². The SMILES string of the molecule is CCc1cc(C(=O)Nc2ccc(Br)cc2CC)cc(Cl)n1. The van der Waals surface area contributed by atoms with E-state index in [0.29, 0.717) is 10.7 Å². The Labute approximate surface area is 137 Å². The summed E-state index contributed by atoms with van der Waals surface area (Å²) in [4.78, 5) is 16.5. The number of benzene rings is 1. The van der Waals surface area contributed by atoms with Gasteiger partial charge in [-0.15, -0.1) is 0 Å². The van der Waals surface area contributed by atoms with Crippen LogP contribution in [0.5, 0.6) is 0 Å². The Morgan fingerprint density at radius 2 is 2.00 bits per heavy atom. The van der Waals surface area contributed by atoms with Crippen LogP contribution in [-0.2, 0) is 12.8 Å². The fourth-order valence-electron chi connectivity index (χ4n) is 2.03. The van der Waals surface area contributed by atoms with Crippen molar-refractivity contribution in [1.29, 1.82) is 0 Å². The normalized spacial score (nSPS) is 10.5. The number of nitrogens with one attached hydrogen (secondary N) is 1. The fraction of sp³-hybridized carbons (Fsp3) is 0.250. The van der Waals surface area contributed by atoms with Gasteiger partial charge >= 0.3 is 0 Å². The summed E-state index contributed by atoms with van der Waals surface area (Å²) in [6.07, 6.45) is 1.58. The zero-order chi connectivity index (χ0) is 15.4. The Hall–Kier alpha value is -1.39. The predicted octanol–water partition coefficient (Wildman–Crippen LogP) is 4.87. The second-order valence-corrected chi connectivity index (χ2v) is 5.94. The molecule has 1 amide bonds. The van der Waals surface area contributed by atoms with Gasteiger partial charge in [-0.1, -0.05) is 41.4 Å². The second kappa shape index (κ2) is 7.05. The predicted molar refractivity (Wildman–Crippen MR) is 90.1 cm³/mol. The summed E-state index contributed by atoms with van der Waals surface area (Å²) in [5.74, 6) is -0.175. The molecule has 1 N–H and O–H groups in total. The molecular formula is C16H16BrClN2O. The molecule has 0 aliphatic carbocycles. The summed E-state index contributed by atoms with van der Waals surface area (Å²) in [5.41, 5.74) is 3.22. The van der Waals surface area contributed by atoms with Crippen LogP contribution in [-0.4, -0.2) is 10.9 Å². The molecule has 2 rings (SSSR count). The zero-order valence-corrected chi connectivity index (χ0v) is 14.3. The molecule has 2 aromatic rings. The summed E-state index contributed by atoms with van der Waals surface area (Å²) in [6.45, 7) is 4.03. The quantitative estimate of drug-likeness (QED) is 0.783. The van der Waals surface area contributed by atoms with E-state index < -0.39 is 0 Å². The van der Waals surface area contributed by atoms with E-state index in [1.54, 1.807) is 12.1 Å². The number of carbonyl (C=O) groups is 1. The third-order valence-electron chi connectivity index (χ3n) is 3.17. The van der Waals surface area contributed by atoms with Crippen molar-refractivity contribution >= 4 is 39.1 Å². The Balaban J connectivity index is 2.28. The molecule has 0 spiro atoms. The number of halogens is 2. The van der Waals surface area contributed by atoms with Gasteiger partial charge in [0.15, 0.2) is 0 Å². The maximum atomic E-state index is 12.4. The molecule has 0 fully saturated rings. The lowest BCUT2D eigenvalue weighted by atomic mass is 10.1. The molecule has 0 radical (unpaired) electrons. The van der Waals surface area contributed by atoms with Gasteiger partial charge in [0.25, 0.3) is 5.91 Å². The minimum atomic E-state index is -0.175. The number of aryl methyl sites for hydroxylation is 2. The highest BCUT2D eigenvalue weighted by Gasteiger charge is 2.11. The van der Waals surface area contributed by atoms with Crippen LogP contribution < -0.4 is 5.32 Å². The molecule has 1 aromatic carbocycles. The molecule has 0 saturated heterocycles. The summed E-state index contributed by atoms with van der Waals surface area (Å²) in [7, 11) is 0. The van der Waals surface area contributed by atoms with Crippen LogP contribution in [0.1, 0.15) is 35.5 Å². The van der Waals surface area contributed by atoms with Crippen molar-refractivity contribution in [3.05, 3.63) is 56.8 Å². The van der Waals surface area contributed by atoms with Crippen LogP contribution >= 0.6 is 27.5 Å². The van der Waals surface area contributed by atoms with Crippen LogP contribution in [0.2, 0.25) is 5.15 Å². The summed E-state index contributed by atoms with van der Waals surface area (Å²) in [6, 6.07) is 9.16. The molecular weight excluding hydrogens is 352 g/mol. The second-order valence-electron chi connectivity index (χ2n) is 4.63. The average molecular weight is 368 g/mol. The first-order valence-corrected chi connectivity index (χ1v) is 7.96. The fourth-order valence-corrected chi connectivity index (χ4v) is 2.67. The average Bonchev–Trinajstić information content (AvgIpc) is 2.48. The molecule has 0 aliphatic heterocycles. The summed E-state index contributed by atoms with van der Waals surface area (Å²) >= 11 is 9.40. The molecule has 5 heteroatoms. The third kappa shape index (κ3) is 4.05. The number of amides is 1. The van der Waals surface area contributed by atoms with Crippen molar-refractivity contribution < 1.29 is 4.79 Å². The Morgan fingerprint density at radius 1 is 1.24 bits per heavy atom. The van der Waals surface area contributed by atoms with Crippen molar-refractivity contribution in [2.75, 3.05) is 5.32 Å². The lowest BCUT2D eigenvalue weighted by Gasteiger charge is -2.11. The van der Waals surface area contributed by atoms with E-state index in [1.807, 2.05) is 25.1 Å². The minimum absolute atomic E-state index is 0.175. The summed E-state index contributed by atoms with van der Waals surface area (Å²) < 4.78 is 0.998. The smallest absolute Gasteiger partial charge is 0.255 e. The zero-order valence-electron chi connectivity index (χ0n) is 11.9. The molecule has 0 unspecified atom stereocenters. The molecule has 1 heterocycles. The van der Waals surface area contributed by atoms with Crippen LogP contribution in [0.3, 0.4) is 0 Å². The van der Waals surface area contributed by atoms with E-state index in [1.165, 1.54) is 0 Å². The lowest BCUT2D eigenvalue weighted by Crippen LogP contribution is -2.14. The first-order chi connectivity index (χ1) is 10.0. The number of carbonyl (C=O) groups excluding carboxylic acids is 1. The van der Waals surface area contributed by atoms with Crippen molar-refractivity contribution in [2.45, 2.75) is 26.7 Å². The highest BCUT2D eigenvalue weighted by atomic mass is 79.9. The number of hydrogen-bond donors (Lipinski definition) is 1. The molecule has 0 aliphatic rings. The first-order valence-electron chi connectivity index (χ1n) is 6.79. The van der Waals surface area contributed by atoms with Crippen LogP contribution in [0.25, 0.3) is 0 Å². The van der Waals surface area contributed by atoms with Gasteiger partial charge < -0.3 is 5.32 Å². The summed E-state index contributed by atoms with van der Waals surface area (Å²) in [5, 5.41) is 3.28. The van der Waals surface area contributed by atoms with Gasteiger partial charge in [0.05, 0.1) is 0 Å². The van der Waals surface area contributed by atoms with E-state index >= 15 is 0 Å². The van der Waals surface area contributed by atoms with Gasteiger partial charge in [-0.3, -0.25) is 4.79 Å². The van der Waals surface area contributed by atoms with Crippen LogP contribution in [0.15, 0.2) is 34.8 Å². The van der Waals surface area contributed by atoms with E-state index in [0.717, 1.165) is 34.3 Å². The minimum Gasteiger partial charge on any atom is -0.322 e. The number of rotatable bonds is 4. The van der Waals surface area contributed by atoms with Crippen LogP contribution in [0, 0.1) is 0 Å². The monoisotopic (exact) mass is 366 g/mol. The van der Waals surface area contributed by atoms with Gasteiger partial charge in [-0.2, -0.15) is 0 Å². The van der Waals surface area contributed by atoms with E-state index in [4.69, 9.17) is 11.6 Å². The molecule has 21 heavy (non-hydrogen) atoms. The van der Waals surface area contributed by atoms with Gasteiger partial charge in [0.1, 0.15) is 5.15 Å². The lowest BCUT2D eigenvalue weighted by molar-refractivity contribution is 0.102. The number of aromatic nitrogens is 1. The van der Waals surface area contributed by atoms with Gasteiger partial charge in [-0.25, -0.2) is 4.98 Å². The van der Waals surface area contributed by atoms with Crippen molar-refractivity contribution in [2.24, 2.45) is 0 Å². The molecule has 0 atom stereocenters. The number of hydrogen-bond acceptors (Lipinski definition) is 2. The number of pyridine rings is 1. The van der Waals surface area contributed by atoms with Gasteiger partial charge in [0.2, 0.25) is 0 Å². The van der Waals surface area contributed by atoms with E-state index in [9.17, 15) is 4.79 Å². The van der Waals surface area contributed by atoms with E-state index in [-0.39, 0.29) is 5.91 Å². The largest absolute Gasteiger partial charge is 0.322 e. The maximum absolute atomic E-state index is 12.4. The maximum Gasteiger partial charge on any atom is 0.255 e. The number of anilines is 1. The Kier molecular flexibility index (Phi) is 5.37. The molecule has 0 saturated carbocycles. The number of nitrogens with zero attached hydrogens (tertiary/aromatic N) is 1. The van der Waals surface area contributed by atoms with Gasteiger partial charge in [0, 0.05) is 21.4 Å². The first kappa shape index (κ1) is 16.0. The van der Waals surface area contributed by atoms with E-state index in [2.05, 4.69) is 33.2 Å². The highest BCUT2D eigenvalue weighted by Crippen LogP contribution is 2.22. The molecule has 110 valence electrons. The standard InChI is InChI=1S/C16H16BrClN2O/c1-3-10-7-12(17)5-6-14(10)20-16(21)11-8-13(4-2)19-15(18)9-11/h5-9H,3-4H2,1-2H3,(H,20,21). The Bertz CT molecular complexity index is 673. The molecule has 0 bridgehead atoms.